The number of rotatable bonds is 7. The predicted molar refractivity (Wildman–Crippen MR) is 130 cm³/mol. The van der Waals surface area contributed by atoms with Gasteiger partial charge in [-0.2, -0.15) is 0 Å². The van der Waals surface area contributed by atoms with Gasteiger partial charge < -0.3 is 14.0 Å². The fraction of sp³-hybridized carbons (Fsp3) is 0.259. The van der Waals surface area contributed by atoms with Crippen LogP contribution in [0, 0.1) is 6.92 Å². The van der Waals surface area contributed by atoms with Crippen LogP contribution in [0.4, 0.5) is 0 Å². The Labute approximate surface area is 187 Å². The highest BCUT2D eigenvalue weighted by Gasteiger charge is 2.17. The number of nitrogens with zero attached hydrogens (tertiary/aromatic N) is 3. The average Bonchev–Trinajstić information content (AvgIpc) is 3.12. The van der Waals surface area contributed by atoms with E-state index in [1.807, 2.05) is 30.3 Å². The molecule has 0 amide bonds. The summed E-state index contributed by atoms with van der Waals surface area (Å²) >= 11 is 0. The van der Waals surface area contributed by atoms with Crippen LogP contribution in [0.5, 0.6) is 11.5 Å². The standard InChI is InChI=1S/C27H27N3O2/c1-4-5-15-32-23-14-13-19(16-24(23)31-3)17-30-26-18(2)9-8-10-20(26)25-27(30)29-22-12-7-6-11-21(22)28-25/h6-14,16H,4-5,15,17H2,1-3H3. The minimum atomic E-state index is 0.670. The molecule has 0 bridgehead atoms. The van der Waals surface area contributed by atoms with Crippen LogP contribution in [0.25, 0.3) is 33.1 Å². The van der Waals surface area contributed by atoms with E-state index in [9.17, 15) is 0 Å². The highest BCUT2D eigenvalue weighted by Crippen LogP contribution is 2.33. The molecule has 5 rings (SSSR count). The van der Waals surface area contributed by atoms with Gasteiger partial charge in [-0.1, -0.05) is 49.7 Å². The van der Waals surface area contributed by atoms with Crippen molar-refractivity contribution in [1.29, 1.82) is 0 Å². The highest BCUT2D eigenvalue weighted by atomic mass is 16.5. The van der Waals surface area contributed by atoms with E-state index in [-0.39, 0.29) is 0 Å². The number of para-hydroxylation sites is 3. The number of fused-ring (bicyclic) bond motifs is 4. The van der Waals surface area contributed by atoms with E-state index in [1.165, 1.54) is 11.1 Å². The lowest BCUT2D eigenvalue weighted by atomic mass is 10.1. The molecule has 0 atom stereocenters. The van der Waals surface area contributed by atoms with Crippen molar-refractivity contribution >= 4 is 33.1 Å². The lowest BCUT2D eigenvalue weighted by Crippen LogP contribution is -2.04. The summed E-state index contributed by atoms with van der Waals surface area (Å²) in [6.07, 6.45) is 2.13. The molecule has 5 aromatic rings. The number of unbranched alkanes of at least 4 members (excludes halogenated alkanes) is 1. The van der Waals surface area contributed by atoms with Crippen LogP contribution in [0.15, 0.2) is 60.7 Å². The number of aryl methyl sites for hydroxylation is 1. The minimum absolute atomic E-state index is 0.670. The highest BCUT2D eigenvalue weighted by molar-refractivity contribution is 6.07. The van der Waals surface area contributed by atoms with Gasteiger partial charge in [-0.25, -0.2) is 9.97 Å². The van der Waals surface area contributed by atoms with Crippen LogP contribution in [-0.2, 0) is 6.54 Å². The van der Waals surface area contributed by atoms with E-state index < -0.39 is 0 Å². The molecule has 0 N–H and O–H groups in total. The van der Waals surface area contributed by atoms with Crippen LogP contribution >= 0.6 is 0 Å². The summed E-state index contributed by atoms with van der Waals surface area (Å²) in [5, 5.41) is 1.13. The lowest BCUT2D eigenvalue weighted by molar-refractivity contribution is 0.288. The molecule has 0 radical (unpaired) electrons. The molecule has 5 heteroatoms. The Morgan fingerprint density at radius 3 is 2.50 bits per heavy atom. The molecule has 0 aliphatic carbocycles. The Hall–Kier alpha value is -3.60. The SMILES string of the molecule is CCCCOc1ccc(Cn2c3nc4ccccc4nc3c3cccc(C)c32)cc1OC. The summed E-state index contributed by atoms with van der Waals surface area (Å²) < 4.78 is 13.8. The smallest absolute Gasteiger partial charge is 0.161 e. The number of methoxy groups -OCH3 is 1. The molecule has 2 heterocycles. The normalized spacial score (nSPS) is 11.5. The lowest BCUT2D eigenvalue weighted by Gasteiger charge is -2.13. The molecule has 0 unspecified atom stereocenters. The first kappa shape index (κ1) is 20.3. The Bertz CT molecular complexity index is 1420. The third-order valence-corrected chi connectivity index (χ3v) is 5.89. The monoisotopic (exact) mass is 425 g/mol. The average molecular weight is 426 g/mol. The predicted octanol–water partition coefficient (Wildman–Crippen LogP) is 6.28. The topological polar surface area (TPSA) is 49.2 Å². The fourth-order valence-electron chi connectivity index (χ4n) is 4.27. The number of aromatic nitrogens is 3. The Morgan fingerprint density at radius 2 is 1.72 bits per heavy atom. The molecule has 2 aromatic heterocycles. The van der Waals surface area contributed by atoms with Crippen molar-refractivity contribution in [2.45, 2.75) is 33.2 Å². The molecule has 162 valence electrons. The van der Waals surface area contributed by atoms with Gasteiger partial charge in [0.05, 0.1) is 30.3 Å². The maximum Gasteiger partial charge on any atom is 0.161 e. The van der Waals surface area contributed by atoms with Crippen molar-refractivity contribution in [3.05, 3.63) is 71.8 Å². The fourth-order valence-corrected chi connectivity index (χ4v) is 4.27. The summed E-state index contributed by atoms with van der Waals surface area (Å²) in [4.78, 5) is 9.98. The van der Waals surface area contributed by atoms with Gasteiger partial charge in [0, 0.05) is 11.9 Å². The van der Waals surface area contributed by atoms with E-state index >= 15 is 0 Å². The number of hydrogen-bond acceptors (Lipinski definition) is 4. The van der Waals surface area contributed by atoms with Gasteiger partial charge in [-0.3, -0.25) is 0 Å². The first-order valence-corrected chi connectivity index (χ1v) is 11.1. The summed E-state index contributed by atoms with van der Waals surface area (Å²) in [7, 11) is 1.69. The van der Waals surface area contributed by atoms with Gasteiger partial charge in [0.2, 0.25) is 0 Å². The van der Waals surface area contributed by atoms with Crippen molar-refractivity contribution < 1.29 is 9.47 Å². The van der Waals surface area contributed by atoms with Gasteiger partial charge in [-0.15, -0.1) is 0 Å². The number of hydrogen-bond donors (Lipinski definition) is 0. The molecule has 0 spiro atoms. The Morgan fingerprint density at radius 1 is 0.906 bits per heavy atom. The maximum atomic E-state index is 5.91. The van der Waals surface area contributed by atoms with Crippen LogP contribution < -0.4 is 9.47 Å². The van der Waals surface area contributed by atoms with Crippen molar-refractivity contribution in [3.63, 3.8) is 0 Å². The summed E-state index contributed by atoms with van der Waals surface area (Å²) in [5.74, 6) is 1.54. The third-order valence-electron chi connectivity index (χ3n) is 5.89. The Kier molecular flexibility index (Phi) is 5.39. The second-order valence-electron chi connectivity index (χ2n) is 8.13. The summed E-state index contributed by atoms with van der Waals surface area (Å²) in [5.41, 5.74) is 7.15. The Balaban J connectivity index is 1.64. The second-order valence-corrected chi connectivity index (χ2v) is 8.13. The van der Waals surface area contributed by atoms with Gasteiger partial charge in [0.25, 0.3) is 0 Å². The molecule has 3 aromatic carbocycles. The quantitative estimate of drug-likeness (QED) is 0.288. The van der Waals surface area contributed by atoms with Crippen molar-refractivity contribution in [2.75, 3.05) is 13.7 Å². The van der Waals surface area contributed by atoms with E-state index in [1.54, 1.807) is 7.11 Å². The zero-order valence-electron chi connectivity index (χ0n) is 18.8. The van der Waals surface area contributed by atoms with E-state index in [0.717, 1.165) is 57.5 Å². The molecule has 0 saturated heterocycles. The van der Waals surface area contributed by atoms with E-state index in [2.05, 4.69) is 48.7 Å². The van der Waals surface area contributed by atoms with E-state index in [0.29, 0.717) is 13.2 Å². The zero-order chi connectivity index (χ0) is 22.1. The van der Waals surface area contributed by atoms with Crippen molar-refractivity contribution in [2.24, 2.45) is 0 Å². The number of ether oxygens (including phenoxy) is 2. The van der Waals surface area contributed by atoms with Crippen LogP contribution in [-0.4, -0.2) is 28.3 Å². The van der Waals surface area contributed by atoms with Crippen LogP contribution in [0.2, 0.25) is 0 Å². The molecule has 0 fully saturated rings. The molecule has 0 saturated carbocycles. The second kappa shape index (κ2) is 8.50. The maximum absolute atomic E-state index is 5.91. The molecular weight excluding hydrogens is 398 g/mol. The van der Waals surface area contributed by atoms with Gasteiger partial charge in [0.15, 0.2) is 17.1 Å². The first-order valence-electron chi connectivity index (χ1n) is 11.1. The van der Waals surface area contributed by atoms with Crippen LogP contribution in [0.3, 0.4) is 0 Å². The molecule has 32 heavy (non-hydrogen) atoms. The van der Waals surface area contributed by atoms with E-state index in [4.69, 9.17) is 19.4 Å². The molecular formula is C27H27N3O2. The minimum Gasteiger partial charge on any atom is -0.493 e. The van der Waals surface area contributed by atoms with Gasteiger partial charge in [0.1, 0.15) is 5.52 Å². The summed E-state index contributed by atoms with van der Waals surface area (Å²) in [6.45, 7) is 5.66. The van der Waals surface area contributed by atoms with Gasteiger partial charge >= 0.3 is 0 Å². The van der Waals surface area contributed by atoms with Crippen molar-refractivity contribution in [3.8, 4) is 11.5 Å². The first-order chi connectivity index (χ1) is 15.7. The third kappa shape index (κ3) is 3.54. The molecule has 0 aliphatic heterocycles. The van der Waals surface area contributed by atoms with Gasteiger partial charge in [-0.05, 0) is 48.7 Å². The zero-order valence-corrected chi connectivity index (χ0v) is 18.8. The molecule has 5 nitrogen and oxygen atoms in total. The molecule has 0 aliphatic rings. The number of benzene rings is 3. The largest absolute Gasteiger partial charge is 0.493 e. The summed E-state index contributed by atoms with van der Waals surface area (Å²) in [6, 6.07) is 20.6. The van der Waals surface area contributed by atoms with Crippen LogP contribution in [0.1, 0.15) is 30.9 Å². The van der Waals surface area contributed by atoms with Crippen molar-refractivity contribution in [1.82, 2.24) is 14.5 Å².